The fraction of sp³-hybridized carbons (Fsp3) is 0.294. The normalized spacial score (nSPS) is 14.0. The van der Waals surface area contributed by atoms with Crippen molar-refractivity contribution in [2.24, 2.45) is 0 Å². The van der Waals surface area contributed by atoms with E-state index in [1.165, 1.54) is 11.1 Å². The standard InChI is InChI=1S/C17H19BrClN/c1-3-17(14-7-4-8-15(18)10-14)20-12(2)13-6-5-9-16(19)11-13/h4-12,17,20H,3H2,1-2H3/t12-,17?/m0/s1. The van der Waals surface area contributed by atoms with Crippen LogP contribution in [-0.4, -0.2) is 0 Å². The van der Waals surface area contributed by atoms with Crippen LogP contribution in [0.15, 0.2) is 53.0 Å². The van der Waals surface area contributed by atoms with Gasteiger partial charge in [-0.3, -0.25) is 0 Å². The summed E-state index contributed by atoms with van der Waals surface area (Å²) in [5.74, 6) is 0. The zero-order chi connectivity index (χ0) is 14.5. The molecule has 0 aliphatic rings. The van der Waals surface area contributed by atoms with Crippen LogP contribution in [0.25, 0.3) is 0 Å². The van der Waals surface area contributed by atoms with Gasteiger partial charge >= 0.3 is 0 Å². The second kappa shape index (κ2) is 7.26. The van der Waals surface area contributed by atoms with E-state index in [1.807, 2.05) is 18.2 Å². The van der Waals surface area contributed by atoms with Gasteiger partial charge < -0.3 is 5.32 Å². The van der Waals surface area contributed by atoms with Gasteiger partial charge in [0.15, 0.2) is 0 Å². The van der Waals surface area contributed by atoms with Gasteiger partial charge in [-0.1, -0.05) is 58.7 Å². The van der Waals surface area contributed by atoms with Crippen LogP contribution < -0.4 is 5.32 Å². The lowest BCUT2D eigenvalue weighted by atomic mass is 10.0. The van der Waals surface area contributed by atoms with Gasteiger partial charge in [0.05, 0.1) is 0 Å². The molecule has 0 spiro atoms. The largest absolute Gasteiger partial charge is 0.303 e. The van der Waals surface area contributed by atoms with Crippen LogP contribution in [-0.2, 0) is 0 Å². The van der Waals surface area contributed by atoms with Gasteiger partial charge in [-0.25, -0.2) is 0 Å². The summed E-state index contributed by atoms with van der Waals surface area (Å²) in [5.41, 5.74) is 2.52. The van der Waals surface area contributed by atoms with E-state index in [-0.39, 0.29) is 6.04 Å². The molecule has 0 aliphatic carbocycles. The highest BCUT2D eigenvalue weighted by Gasteiger charge is 2.14. The lowest BCUT2D eigenvalue weighted by Crippen LogP contribution is -2.24. The third kappa shape index (κ3) is 4.08. The molecule has 106 valence electrons. The van der Waals surface area contributed by atoms with Crippen LogP contribution in [0.3, 0.4) is 0 Å². The van der Waals surface area contributed by atoms with E-state index in [2.05, 4.69) is 65.4 Å². The summed E-state index contributed by atoms with van der Waals surface area (Å²) in [4.78, 5) is 0. The van der Waals surface area contributed by atoms with Crippen LogP contribution in [0.2, 0.25) is 5.02 Å². The van der Waals surface area contributed by atoms with E-state index in [0.717, 1.165) is 15.9 Å². The number of benzene rings is 2. The van der Waals surface area contributed by atoms with Gasteiger partial charge in [-0.2, -0.15) is 0 Å². The van der Waals surface area contributed by atoms with Gasteiger partial charge in [-0.05, 0) is 48.7 Å². The number of rotatable bonds is 5. The summed E-state index contributed by atoms with van der Waals surface area (Å²) in [6.45, 7) is 4.37. The molecule has 0 saturated carbocycles. The second-order valence-corrected chi connectivity index (χ2v) is 6.31. The molecule has 20 heavy (non-hydrogen) atoms. The first-order valence-corrected chi connectivity index (χ1v) is 8.04. The molecule has 1 unspecified atom stereocenters. The molecule has 2 atom stereocenters. The summed E-state index contributed by atoms with van der Waals surface area (Å²) < 4.78 is 1.12. The highest BCUT2D eigenvalue weighted by molar-refractivity contribution is 9.10. The topological polar surface area (TPSA) is 12.0 Å². The molecule has 1 nitrogen and oxygen atoms in total. The van der Waals surface area contributed by atoms with E-state index in [1.54, 1.807) is 0 Å². The molecule has 1 N–H and O–H groups in total. The molecule has 0 aliphatic heterocycles. The molecule has 0 aromatic heterocycles. The Bertz CT molecular complexity index is 570. The molecular formula is C17H19BrClN. The lowest BCUT2D eigenvalue weighted by Gasteiger charge is -2.23. The first kappa shape index (κ1) is 15.6. The maximum atomic E-state index is 6.06. The zero-order valence-electron chi connectivity index (χ0n) is 11.7. The average Bonchev–Trinajstić information content (AvgIpc) is 2.44. The lowest BCUT2D eigenvalue weighted by molar-refractivity contribution is 0.456. The number of halogens is 2. The minimum atomic E-state index is 0.262. The Morgan fingerprint density at radius 2 is 1.80 bits per heavy atom. The van der Waals surface area contributed by atoms with Crippen molar-refractivity contribution < 1.29 is 0 Å². The Balaban J connectivity index is 2.14. The van der Waals surface area contributed by atoms with Gasteiger partial charge in [-0.15, -0.1) is 0 Å². The monoisotopic (exact) mass is 351 g/mol. The second-order valence-electron chi connectivity index (χ2n) is 4.96. The van der Waals surface area contributed by atoms with Crippen molar-refractivity contribution in [3.63, 3.8) is 0 Å². The predicted molar refractivity (Wildman–Crippen MR) is 90.2 cm³/mol. The van der Waals surface area contributed by atoms with Crippen molar-refractivity contribution in [3.05, 3.63) is 69.2 Å². The summed E-state index contributed by atoms with van der Waals surface area (Å²) >= 11 is 9.60. The molecule has 2 aromatic carbocycles. The summed E-state index contributed by atoms with van der Waals surface area (Å²) in [5, 5.41) is 4.46. The van der Waals surface area contributed by atoms with Crippen molar-refractivity contribution in [2.75, 3.05) is 0 Å². The Hall–Kier alpha value is -0.830. The van der Waals surface area contributed by atoms with E-state index >= 15 is 0 Å². The van der Waals surface area contributed by atoms with Crippen molar-refractivity contribution in [2.45, 2.75) is 32.4 Å². The van der Waals surface area contributed by atoms with Crippen LogP contribution in [0.1, 0.15) is 43.5 Å². The number of hydrogen-bond donors (Lipinski definition) is 1. The highest BCUT2D eigenvalue weighted by atomic mass is 79.9. The zero-order valence-corrected chi connectivity index (χ0v) is 14.1. The molecule has 0 amide bonds. The summed E-state index contributed by atoms with van der Waals surface area (Å²) in [6.07, 6.45) is 1.04. The maximum absolute atomic E-state index is 6.06. The first-order valence-electron chi connectivity index (χ1n) is 6.87. The van der Waals surface area contributed by atoms with Crippen molar-refractivity contribution in [1.29, 1.82) is 0 Å². The molecule has 0 radical (unpaired) electrons. The molecular weight excluding hydrogens is 334 g/mol. The molecule has 0 saturated heterocycles. The van der Waals surface area contributed by atoms with Crippen molar-refractivity contribution in [1.82, 2.24) is 5.32 Å². The van der Waals surface area contributed by atoms with E-state index < -0.39 is 0 Å². The molecule has 0 fully saturated rings. The smallest absolute Gasteiger partial charge is 0.0409 e. The molecule has 3 heteroatoms. The molecule has 2 aromatic rings. The Morgan fingerprint density at radius 1 is 1.10 bits per heavy atom. The van der Waals surface area contributed by atoms with Gasteiger partial charge in [0, 0.05) is 21.6 Å². The maximum Gasteiger partial charge on any atom is 0.0409 e. The Kier molecular flexibility index (Phi) is 5.64. The molecule has 2 rings (SSSR count). The van der Waals surface area contributed by atoms with Crippen molar-refractivity contribution in [3.8, 4) is 0 Å². The molecule has 0 heterocycles. The van der Waals surface area contributed by atoms with Gasteiger partial charge in [0.25, 0.3) is 0 Å². The predicted octanol–water partition coefficient (Wildman–Crippen LogP) is 5.90. The quantitative estimate of drug-likeness (QED) is 0.706. The van der Waals surface area contributed by atoms with Crippen LogP contribution in [0.4, 0.5) is 0 Å². The SMILES string of the molecule is CCC(N[C@@H](C)c1cccc(Cl)c1)c1cccc(Br)c1. The van der Waals surface area contributed by atoms with E-state index in [9.17, 15) is 0 Å². The van der Waals surface area contributed by atoms with Crippen molar-refractivity contribution >= 4 is 27.5 Å². The average molecular weight is 353 g/mol. The van der Waals surface area contributed by atoms with E-state index in [0.29, 0.717) is 6.04 Å². The summed E-state index contributed by atoms with van der Waals surface area (Å²) in [6, 6.07) is 17.1. The minimum Gasteiger partial charge on any atom is -0.303 e. The Labute approximate surface area is 134 Å². The summed E-state index contributed by atoms with van der Waals surface area (Å²) in [7, 11) is 0. The van der Waals surface area contributed by atoms with Crippen LogP contribution in [0.5, 0.6) is 0 Å². The third-order valence-corrected chi connectivity index (χ3v) is 4.19. The fourth-order valence-corrected chi connectivity index (χ4v) is 2.96. The fourth-order valence-electron chi connectivity index (χ4n) is 2.35. The van der Waals surface area contributed by atoms with Gasteiger partial charge in [0.2, 0.25) is 0 Å². The van der Waals surface area contributed by atoms with Crippen LogP contribution >= 0.6 is 27.5 Å². The minimum absolute atomic E-state index is 0.262. The van der Waals surface area contributed by atoms with E-state index in [4.69, 9.17) is 11.6 Å². The number of nitrogens with one attached hydrogen (secondary N) is 1. The third-order valence-electron chi connectivity index (χ3n) is 3.46. The molecule has 0 bridgehead atoms. The van der Waals surface area contributed by atoms with Gasteiger partial charge in [0.1, 0.15) is 0 Å². The van der Waals surface area contributed by atoms with Crippen LogP contribution in [0, 0.1) is 0 Å². The number of hydrogen-bond acceptors (Lipinski definition) is 1. The Morgan fingerprint density at radius 3 is 2.45 bits per heavy atom. The highest BCUT2D eigenvalue weighted by Crippen LogP contribution is 2.25. The first-order chi connectivity index (χ1) is 9.60.